The molecule has 3 amide bonds. The average Bonchev–Trinajstić information content (AvgIpc) is 3.32. The normalized spacial score (nSPS) is 28.6. The van der Waals surface area contributed by atoms with E-state index in [1.165, 1.54) is 0 Å². The third-order valence-corrected chi connectivity index (χ3v) is 11.7. The number of aliphatic hydroxyl groups is 1. The van der Waals surface area contributed by atoms with Crippen LogP contribution >= 0.6 is 11.8 Å². The molecule has 1 unspecified atom stereocenters. The highest BCUT2D eigenvalue weighted by atomic mass is 32.2. The van der Waals surface area contributed by atoms with Gasteiger partial charge in [0, 0.05) is 61.1 Å². The van der Waals surface area contributed by atoms with Crippen LogP contribution in [-0.4, -0.2) is 89.2 Å². The van der Waals surface area contributed by atoms with Gasteiger partial charge in [0.15, 0.2) is 0 Å². The number of benzene rings is 2. The van der Waals surface area contributed by atoms with E-state index in [4.69, 9.17) is 4.74 Å². The summed E-state index contributed by atoms with van der Waals surface area (Å²) in [6, 6.07) is 14.7. The van der Waals surface area contributed by atoms with Crippen molar-refractivity contribution in [3.8, 4) is 5.75 Å². The first-order chi connectivity index (χ1) is 22.2. The van der Waals surface area contributed by atoms with Crippen molar-refractivity contribution in [2.75, 3.05) is 60.6 Å². The van der Waals surface area contributed by atoms with Gasteiger partial charge in [0.2, 0.25) is 11.8 Å². The maximum absolute atomic E-state index is 14.7. The van der Waals surface area contributed by atoms with Crippen LogP contribution in [-0.2, 0) is 14.4 Å². The van der Waals surface area contributed by atoms with E-state index in [2.05, 4.69) is 24.8 Å². The van der Waals surface area contributed by atoms with Gasteiger partial charge < -0.3 is 29.4 Å². The first-order valence-electron chi connectivity index (χ1n) is 16.4. The first-order valence-corrected chi connectivity index (χ1v) is 17.2. The van der Waals surface area contributed by atoms with Gasteiger partial charge in [0.25, 0.3) is 5.91 Å². The number of carbonyl (C=O) groups excluding carboxylic acids is 3. The fourth-order valence-electron chi connectivity index (χ4n) is 7.79. The molecule has 0 saturated carbocycles. The summed E-state index contributed by atoms with van der Waals surface area (Å²) in [6.07, 6.45) is 8.45. The Labute approximate surface area is 275 Å². The maximum Gasteiger partial charge on any atom is 0.251 e. The Morgan fingerprint density at radius 1 is 0.848 bits per heavy atom. The summed E-state index contributed by atoms with van der Waals surface area (Å²) in [6.45, 7) is 11.4. The standard InChI is InChI=1S/C36H44N4O5S/c1-5-37(6-2)25-11-13-26(14-12-25)39-22-9-20-36-30(33(43)40(23-10-24-41)31(36)34(39)44)29-32(42)38(21-8-19-35(29,4)46-36)27-15-17-28(18-16-27)45-7-3/h8-9,11-20,29-31,41H,5-7,10,21-24H2,1-4H3/t29-,30+,31?,35+,36+/m1/s1. The Balaban J connectivity index is 1.39. The molecule has 244 valence electrons. The number of nitrogens with zero attached hydrogens (tertiary/aromatic N) is 4. The highest BCUT2D eigenvalue weighted by Gasteiger charge is 2.74. The van der Waals surface area contributed by atoms with Crippen LogP contribution in [0.3, 0.4) is 0 Å². The minimum Gasteiger partial charge on any atom is -0.494 e. The van der Waals surface area contributed by atoms with E-state index in [0.717, 1.165) is 35.9 Å². The van der Waals surface area contributed by atoms with E-state index >= 15 is 0 Å². The molecule has 2 fully saturated rings. The van der Waals surface area contributed by atoms with Crippen molar-refractivity contribution < 1.29 is 24.2 Å². The SMILES string of the molecule is CCOc1ccc(N2CC=C[C@]3(C)S[C@]45C=CCN(c6ccc(N(CC)CC)cc6)C(=O)C4N(CCCO)C(=O)[C@@H]5[C@@H]3C2=O)cc1. The van der Waals surface area contributed by atoms with Gasteiger partial charge in [-0.3, -0.25) is 14.4 Å². The quantitative estimate of drug-likeness (QED) is 0.381. The molecule has 0 bridgehead atoms. The van der Waals surface area contributed by atoms with Gasteiger partial charge in [-0.25, -0.2) is 0 Å². The van der Waals surface area contributed by atoms with Crippen LogP contribution in [0.15, 0.2) is 72.8 Å². The number of carbonyl (C=O) groups is 3. The van der Waals surface area contributed by atoms with Crippen molar-refractivity contribution in [2.45, 2.75) is 49.7 Å². The molecule has 9 nitrogen and oxygen atoms in total. The summed E-state index contributed by atoms with van der Waals surface area (Å²) >= 11 is 1.57. The zero-order valence-corrected chi connectivity index (χ0v) is 27.9. The number of thioether (sulfide) groups is 1. The Morgan fingerprint density at radius 3 is 2.07 bits per heavy atom. The number of hydrogen-bond donors (Lipinski definition) is 1. The molecule has 10 heteroatoms. The van der Waals surface area contributed by atoms with Crippen molar-refractivity contribution in [3.63, 3.8) is 0 Å². The molecular weight excluding hydrogens is 600 g/mol. The molecule has 4 aliphatic rings. The van der Waals surface area contributed by atoms with E-state index in [1.54, 1.807) is 26.5 Å². The van der Waals surface area contributed by atoms with E-state index < -0.39 is 27.4 Å². The number of aliphatic hydroxyl groups excluding tert-OH is 1. The Hall–Kier alpha value is -3.76. The van der Waals surface area contributed by atoms with Gasteiger partial charge in [0.1, 0.15) is 11.8 Å². The van der Waals surface area contributed by atoms with E-state index in [0.29, 0.717) is 26.1 Å². The van der Waals surface area contributed by atoms with Gasteiger partial charge in [0.05, 0.1) is 23.2 Å². The molecule has 46 heavy (non-hydrogen) atoms. The van der Waals surface area contributed by atoms with Gasteiger partial charge in [-0.05, 0) is 82.6 Å². The molecule has 4 aliphatic heterocycles. The van der Waals surface area contributed by atoms with Crippen molar-refractivity contribution in [3.05, 3.63) is 72.8 Å². The minimum absolute atomic E-state index is 0.101. The van der Waals surface area contributed by atoms with Crippen LogP contribution in [0.25, 0.3) is 0 Å². The summed E-state index contributed by atoms with van der Waals surface area (Å²) in [5.41, 5.74) is 2.59. The third kappa shape index (κ3) is 5.19. The Kier molecular flexibility index (Phi) is 8.95. The van der Waals surface area contributed by atoms with Gasteiger partial charge in [-0.15, -0.1) is 11.8 Å². The lowest BCUT2D eigenvalue weighted by molar-refractivity contribution is -0.139. The third-order valence-electron chi connectivity index (χ3n) is 9.86. The number of hydrogen-bond acceptors (Lipinski definition) is 7. The molecule has 2 saturated heterocycles. The Morgan fingerprint density at radius 2 is 1.46 bits per heavy atom. The first kappa shape index (κ1) is 32.2. The molecular formula is C36H44N4O5S. The largest absolute Gasteiger partial charge is 0.494 e. The number of ether oxygens (including phenoxy) is 1. The molecule has 1 spiro atoms. The van der Waals surface area contributed by atoms with Crippen LogP contribution in [0.1, 0.15) is 34.1 Å². The fraction of sp³-hybridized carbons (Fsp3) is 0.472. The van der Waals surface area contributed by atoms with Crippen molar-refractivity contribution in [1.29, 1.82) is 0 Å². The molecule has 4 heterocycles. The van der Waals surface area contributed by atoms with Gasteiger partial charge in [-0.1, -0.05) is 24.3 Å². The maximum atomic E-state index is 14.7. The zero-order valence-electron chi connectivity index (χ0n) is 27.1. The molecule has 2 aromatic carbocycles. The van der Waals surface area contributed by atoms with E-state index in [9.17, 15) is 19.5 Å². The summed E-state index contributed by atoms with van der Waals surface area (Å²) < 4.78 is 3.96. The minimum atomic E-state index is -0.944. The van der Waals surface area contributed by atoms with Gasteiger partial charge in [-0.2, -0.15) is 0 Å². The number of fused-ring (bicyclic) bond motifs is 2. The average molecular weight is 645 g/mol. The number of rotatable bonds is 10. The molecule has 5 atom stereocenters. The van der Waals surface area contributed by atoms with Crippen LogP contribution < -0.4 is 19.4 Å². The lowest BCUT2D eigenvalue weighted by Crippen LogP contribution is -2.53. The molecule has 0 aliphatic carbocycles. The summed E-state index contributed by atoms with van der Waals surface area (Å²) in [4.78, 5) is 51.3. The fourth-order valence-corrected chi connectivity index (χ4v) is 9.95. The molecule has 1 N–H and O–H groups in total. The number of anilines is 3. The predicted octanol–water partition coefficient (Wildman–Crippen LogP) is 4.51. The predicted molar refractivity (Wildman–Crippen MR) is 184 cm³/mol. The smallest absolute Gasteiger partial charge is 0.251 e. The molecule has 0 radical (unpaired) electrons. The summed E-state index contributed by atoms with van der Waals surface area (Å²) in [7, 11) is 0. The topological polar surface area (TPSA) is 93.6 Å². The van der Waals surface area contributed by atoms with Crippen LogP contribution in [0, 0.1) is 11.8 Å². The second kappa shape index (κ2) is 12.8. The number of likely N-dealkylation sites (tertiary alicyclic amines) is 1. The molecule has 2 aromatic rings. The molecule has 6 rings (SSSR count). The summed E-state index contributed by atoms with van der Waals surface area (Å²) in [5, 5.41) is 9.76. The van der Waals surface area contributed by atoms with Crippen molar-refractivity contribution >= 4 is 46.5 Å². The van der Waals surface area contributed by atoms with Gasteiger partial charge >= 0.3 is 0 Å². The lowest BCUT2D eigenvalue weighted by atomic mass is 9.74. The lowest BCUT2D eigenvalue weighted by Gasteiger charge is -2.37. The second-order valence-corrected chi connectivity index (χ2v) is 14.2. The highest BCUT2D eigenvalue weighted by Crippen LogP contribution is 2.65. The van der Waals surface area contributed by atoms with E-state index in [1.807, 2.05) is 80.6 Å². The van der Waals surface area contributed by atoms with Crippen molar-refractivity contribution in [1.82, 2.24) is 4.90 Å². The summed E-state index contributed by atoms with van der Waals surface area (Å²) in [5.74, 6) is -1.19. The number of amides is 3. The zero-order chi connectivity index (χ0) is 32.6. The monoisotopic (exact) mass is 644 g/mol. The molecule has 0 aromatic heterocycles. The van der Waals surface area contributed by atoms with Crippen LogP contribution in [0.5, 0.6) is 5.75 Å². The highest BCUT2D eigenvalue weighted by molar-refractivity contribution is 8.02. The second-order valence-electron chi connectivity index (χ2n) is 12.4. The van der Waals surface area contributed by atoms with Crippen LogP contribution in [0.2, 0.25) is 0 Å². The van der Waals surface area contributed by atoms with E-state index in [-0.39, 0.29) is 30.9 Å². The van der Waals surface area contributed by atoms with Crippen molar-refractivity contribution in [2.24, 2.45) is 11.8 Å². The Bertz CT molecular complexity index is 1520. The van der Waals surface area contributed by atoms with Crippen LogP contribution in [0.4, 0.5) is 17.1 Å².